The van der Waals surface area contributed by atoms with Crippen LogP contribution in [0.25, 0.3) is 11.1 Å². The van der Waals surface area contributed by atoms with E-state index in [9.17, 15) is 9.90 Å². The van der Waals surface area contributed by atoms with E-state index in [4.69, 9.17) is 4.52 Å². The van der Waals surface area contributed by atoms with Crippen molar-refractivity contribution in [3.63, 3.8) is 0 Å². The summed E-state index contributed by atoms with van der Waals surface area (Å²) in [5.41, 5.74) is 3.97. The molecule has 1 aliphatic heterocycles. The first-order valence-electron chi connectivity index (χ1n) is 9.30. The van der Waals surface area contributed by atoms with E-state index in [0.717, 1.165) is 39.4 Å². The number of aliphatic hydroxyl groups is 1. The Bertz CT molecular complexity index is 1010. The number of aliphatic hydroxyl groups excluding tert-OH is 1. The number of aryl methyl sites for hydroxylation is 2. The molecule has 28 heavy (non-hydrogen) atoms. The molecular formula is C22H23N3O3. The number of anilines is 1. The van der Waals surface area contributed by atoms with Crippen LogP contribution < -0.4 is 10.6 Å². The summed E-state index contributed by atoms with van der Waals surface area (Å²) in [7, 11) is 0. The molecule has 3 N–H and O–H groups in total. The number of benzene rings is 2. The first kappa shape index (κ1) is 18.4. The Morgan fingerprint density at radius 2 is 1.96 bits per heavy atom. The lowest BCUT2D eigenvalue weighted by molar-refractivity contribution is -0.120. The van der Waals surface area contributed by atoms with Crippen molar-refractivity contribution in [1.82, 2.24) is 10.5 Å². The Labute approximate surface area is 163 Å². The smallest absolute Gasteiger partial charge is 0.254 e. The Morgan fingerprint density at radius 1 is 1.21 bits per heavy atom. The second-order valence-electron chi connectivity index (χ2n) is 7.26. The van der Waals surface area contributed by atoms with Crippen molar-refractivity contribution in [2.75, 3.05) is 11.9 Å². The van der Waals surface area contributed by atoms with Crippen LogP contribution >= 0.6 is 0 Å². The second kappa shape index (κ2) is 6.89. The number of aromatic nitrogens is 1. The minimum absolute atomic E-state index is 0.0826. The van der Waals surface area contributed by atoms with Crippen LogP contribution in [0, 0.1) is 13.8 Å². The quantitative estimate of drug-likeness (QED) is 0.636. The molecule has 6 nitrogen and oxygen atoms in total. The fraction of sp³-hybridized carbons (Fsp3) is 0.273. The van der Waals surface area contributed by atoms with E-state index in [1.807, 2.05) is 69.3 Å². The van der Waals surface area contributed by atoms with Crippen molar-refractivity contribution < 1.29 is 14.4 Å². The van der Waals surface area contributed by atoms with Gasteiger partial charge in [0, 0.05) is 22.9 Å². The van der Waals surface area contributed by atoms with Crippen LogP contribution in [0.3, 0.4) is 0 Å². The van der Waals surface area contributed by atoms with Crippen molar-refractivity contribution in [3.8, 4) is 11.1 Å². The third-order valence-corrected chi connectivity index (χ3v) is 5.28. The molecule has 0 bridgehead atoms. The third-order valence-electron chi connectivity index (χ3n) is 5.28. The highest BCUT2D eigenvalue weighted by Crippen LogP contribution is 2.43. The molecule has 144 valence electrons. The van der Waals surface area contributed by atoms with Crippen molar-refractivity contribution in [3.05, 3.63) is 71.1 Å². The zero-order valence-corrected chi connectivity index (χ0v) is 16.1. The zero-order valence-electron chi connectivity index (χ0n) is 16.1. The molecule has 0 saturated carbocycles. The van der Waals surface area contributed by atoms with E-state index in [0.29, 0.717) is 0 Å². The highest BCUT2D eigenvalue weighted by Gasteiger charge is 2.49. The molecule has 4 rings (SSSR count). The van der Waals surface area contributed by atoms with Crippen molar-refractivity contribution in [1.29, 1.82) is 0 Å². The highest BCUT2D eigenvalue weighted by atomic mass is 16.5. The number of rotatable bonds is 5. The summed E-state index contributed by atoms with van der Waals surface area (Å²) in [6, 6.07) is 15.2. The van der Waals surface area contributed by atoms with E-state index in [2.05, 4.69) is 15.8 Å². The fourth-order valence-corrected chi connectivity index (χ4v) is 3.97. The molecule has 3 aromatic rings. The van der Waals surface area contributed by atoms with Crippen molar-refractivity contribution >= 4 is 11.6 Å². The van der Waals surface area contributed by atoms with Gasteiger partial charge in [-0.1, -0.05) is 41.6 Å². The maximum atomic E-state index is 13.3. The molecule has 2 heterocycles. The molecule has 0 saturated heterocycles. The minimum Gasteiger partial charge on any atom is -0.395 e. The Morgan fingerprint density at radius 3 is 2.61 bits per heavy atom. The molecule has 0 fully saturated rings. The molecule has 0 radical (unpaired) electrons. The first-order valence-corrected chi connectivity index (χ1v) is 9.30. The van der Waals surface area contributed by atoms with Gasteiger partial charge in [0.15, 0.2) is 5.54 Å². The number of nitrogens with zero attached hydrogens (tertiary/aromatic N) is 1. The molecule has 0 aliphatic carbocycles. The van der Waals surface area contributed by atoms with Gasteiger partial charge < -0.3 is 14.9 Å². The number of hydrogen-bond acceptors (Lipinski definition) is 5. The van der Waals surface area contributed by atoms with Gasteiger partial charge in [-0.05, 0) is 44.0 Å². The molecule has 1 aliphatic rings. The molecule has 0 spiro atoms. The van der Waals surface area contributed by atoms with Crippen molar-refractivity contribution in [2.45, 2.75) is 32.4 Å². The fourth-order valence-electron chi connectivity index (χ4n) is 3.97. The first-order chi connectivity index (χ1) is 13.5. The maximum Gasteiger partial charge on any atom is 0.254 e. The minimum atomic E-state index is -1.09. The zero-order chi connectivity index (χ0) is 19.9. The monoisotopic (exact) mass is 377 g/mol. The standard InChI is InChI=1S/C22H23N3O3/c1-13(12-26)24-22(17-7-5-4-6-8-17)18-11-16(9-10-19(18)23-21(22)27)20-14(2)25-28-15(20)3/h4-11,13,24,26H,12H2,1-3H3,(H,23,27). The Balaban J connectivity index is 1.95. The summed E-state index contributed by atoms with van der Waals surface area (Å²) in [6.45, 7) is 5.55. The second-order valence-corrected chi connectivity index (χ2v) is 7.26. The number of carbonyl (C=O) groups is 1. The van der Waals surface area contributed by atoms with Crippen LogP contribution in [0.4, 0.5) is 5.69 Å². The highest BCUT2D eigenvalue weighted by molar-refractivity contribution is 6.09. The van der Waals surface area contributed by atoms with Gasteiger partial charge in [0.1, 0.15) is 5.76 Å². The molecular weight excluding hydrogens is 354 g/mol. The Hall–Kier alpha value is -2.96. The number of amides is 1. The average Bonchev–Trinajstić information content (AvgIpc) is 3.18. The summed E-state index contributed by atoms with van der Waals surface area (Å²) >= 11 is 0. The van der Waals surface area contributed by atoms with Crippen LogP contribution in [0.5, 0.6) is 0 Å². The van der Waals surface area contributed by atoms with E-state index in [1.54, 1.807) is 0 Å². The van der Waals surface area contributed by atoms with E-state index < -0.39 is 5.54 Å². The van der Waals surface area contributed by atoms with Crippen LogP contribution in [0.1, 0.15) is 29.5 Å². The topological polar surface area (TPSA) is 87.4 Å². The summed E-state index contributed by atoms with van der Waals surface area (Å²) in [6.07, 6.45) is 0. The largest absolute Gasteiger partial charge is 0.395 e. The van der Waals surface area contributed by atoms with Gasteiger partial charge in [-0.25, -0.2) is 0 Å². The normalized spacial score (nSPS) is 19.4. The Kier molecular flexibility index (Phi) is 4.53. The van der Waals surface area contributed by atoms with Crippen LogP contribution in [0.2, 0.25) is 0 Å². The van der Waals surface area contributed by atoms with Gasteiger partial charge in [-0.3, -0.25) is 10.1 Å². The third kappa shape index (κ3) is 2.73. The SMILES string of the molecule is Cc1noc(C)c1-c1ccc2c(c1)C(NC(C)CO)(c1ccccc1)C(=O)N2. The molecule has 2 atom stereocenters. The van der Waals surface area contributed by atoms with Crippen LogP contribution in [0.15, 0.2) is 53.1 Å². The summed E-state index contributed by atoms with van der Waals surface area (Å²) in [5, 5.41) is 20.1. The van der Waals surface area contributed by atoms with Gasteiger partial charge in [0.05, 0.1) is 12.3 Å². The van der Waals surface area contributed by atoms with Crippen molar-refractivity contribution in [2.24, 2.45) is 0 Å². The predicted molar refractivity (Wildman–Crippen MR) is 107 cm³/mol. The van der Waals surface area contributed by atoms with Gasteiger partial charge >= 0.3 is 0 Å². The molecule has 1 aromatic heterocycles. The number of nitrogens with one attached hydrogen (secondary N) is 2. The number of carbonyl (C=O) groups excluding carboxylic acids is 1. The summed E-state index contributed by atoms with van der Waals surface area (Å²) in [5.74, 6) is 0.571. The molecule has 2 aromatic carbocycles. The van der Waals surface area contributed by atoms with E-state index in [-0.39, 0.29) is 18.6 Å². The van der Waals surface area contributed by atoms with Crippen LogP contribution in [-0.2, 0) is 10.3 Å². The van der Waals surface area contributed by atoms with E-state index in [1.165, 1.54) is 0 Å². The lowest BCUT2D eigenvalue weighted by atomic mass is 9.82. The molecule has 1 amide bonds. The predicted octanol–water partition coefficient (Wildman–Crippen LogP) is 3.12. The number of fused-ring (bicyclic) bond motifs is 1. The average molecular weight is 377 g/mol. The van der Waals surface area contributed by atoms with Gasteiger partial charge in [0.25, 0.3) is 5.91 Å². The molecule has 2 unspecified atom stereocenters. The maximum absolute atomic E-state index is 13.3. The molecule has 6 heteroatoms. The van der Waals surface area contributed by atoms with Gasteiger partial charge in [-0.2, -0.15) is 0 Å². The number of hydrogen-bond donors (Lipinski definition) is 3. The summed E-state index contributed by atoms with van der Waals surface area (Å²) in [4.78, 5) is 13.3. The van der Waals surface area contributed by atoms with E-state index >= 15 is 0 Å². The lowest BCUT2D eigenvalue weighted by Gasteiger charge is -2.32. The van der Waals surface area contributed by atoms with Gasteiger partial charge in [-0.15, -0.1) is 0 Å². The van der Waals surface area contributed by atoms with Gasteiger partial charge in [0.2, 0.25) is 0 Å². The summed E-state index contributed by atoms with van der Waals surface area (Å²) < 4.78 is 5.33. The van der Waals surface area contributed by atoms with Crippen LogP contribution in [-0.4, -0.2) is 28.8 Å². The lowest BCUT2D eigenvalue weighted by Crippen LogP contribution is -2.53.